The van der Waals surface area contributed by atoms with Crippen LogP contribution in [0.25, 0.3) is 11.3 Å². The van der Waals surface area contributed by atoms with Crippen LogP contribution in [0.4, 0.5) is 0 Å². The number of aryl methyl sites for hydroxylation is 1. The molecule has 128 valence electrons. The fraction of sp³-hybridized carbons (Fsp3) is 0.353. The van der Waals surface area contributed by atoms with Gasteiger partial charge in [0, 0.05) is 23.7 Å². The molecule has 2 atom stereocenters. The first-order valence-corrected chi connectivity index (χ1v) is 8.07. The van der Waals surface area contributed by atoms with E-state index in [9.17, 15) is 0 Å². The van der Waals surface area contributed by atoms with Crippen LogP contribution in [-0.2, 0) is 0 Å². The summed E-state index contributed by atoms with van der Waals surface area (Å²) in [5.74, 6) is 2.82. The average molecular weight is 338 g/mol. The molecular formula is C17H18N6O2. The Balaban J connectivity index is 1.43. The Bertz CT molecular complexity index is 850. The van der Waals surface area contributed by atoms with E-state index in [4.69, 9.17) is 9.47 Å². The molecule has 1 fully saturated rings. The van der Waals surface area contributed by atoms with E-state index in [0.29, 0.717) is 35.8 Å². The van der Waals surface area contributed by atoms with Gasteiger partial charge in [-0.05, 0) is 25.5 Å². The van der Waals surface area contributed by atoms with Gasteiger partial charge >= 0.3 is 0 Å². The SMILES string of the molecule is COc1ccc(C2CC2COc2nc(C)ncc2-c2cn[nH]n2)nc1. The lowest BCUT2D eigenvalue weighted by atomic mass is 10.2. The van der Waals surface area contributed by atoms with Gasteiger partial charge in [0.25, 0.3) is 0 Å². The number of rotatable bonds is 6. The Kier molecular flexibility index (Phi) is 4.01. The lowest BCUT2D eigenvalue weighted by Crippen LogP contribution is -2.05. The van der Waals surface area contributed by atoms with Crippen molar-refractivity contribution in [2.75, 3.05) is 13.7 Å². The molecule has 8 heteroatoms. The van der Waals surface area contributed by atoms with Crippen LogP contribution in [0.2, 0.25) is 0 Å². The fourth-order valence-corrected chi connectivity index (χ4v) is 2.78. The van der Waals surface area contributed by atoms with Gasteiger partial charge in [0.15, 0.2) is 0 Å². The summed E-state index contributed by atoms with van der Waals surface area (Å²) in [7, 11) is 1.64. The van der Waals surface area contributed by atoms with E-state index in [2.05, 4.69) is 30.4 Å². The van der Waals surface area contributed by atoms with Gasteiger partial charge in [0.2, 0.25) is 5.88 Å². The molecule has 2 unspecified atom stereocenters. The highest BCUT2D eigenvalue weighted by Crippen LogP contribution is 2.47. The zero-order valence-electron chi connectivity index (χ0n) is 14.0. The Morgan fingerprint density at radius 2 is 2.12 bits per heavy atom. The molecule has 0 bridgehead atoms. The molecule has 1 N–H and O–H groups in total. The Morgan fingerprint density at radius 1 is 1.20 bits per heavy atom. The molecule has 1 saturated carbocycles. The molecule has 8 nitrogen and oxygen atoms in total. The van der Waals surface area contributed by atoms with Gasteiger partial charge in [0.05, 0.1) is 31.7 Å². The second-order valence-corrected chi connectivity index (χ2v) is 6.03. The van der Waals surface area contributed by atoms with E-state index in [1.54, 1.807) is 25.7 Å². The van der Waals surface area contributed by atoms with Crippen LogP contribution in [-0.4, -0.2) is 44.1 Å². The highest BCUT2D eigenvalue weighted by molar-refractivity contribution is 5.62. The topological polar surface area (TPSA) is 98.7 Å². The van der Waals surface area contributed by atoms with Crippen LogP contribution < -0.4 is 9.47 Å². The van der Waals surface area contributed by atoms with Crippen molar-refractivity contribution in [3.05, 3.63) is 42.2 Å². The third kappa shape index (κ3) is 3.28. The van der Waals surface area contributed by atoms with Crippen molar-refractivity contribution in [3.8, 4) is 22.9 Å². The Labute approximate surface area is 144 Å². The van der Waals surface area contributed by atoms with Gasteiger partial charge in [-0.3, -0.25) is 4.98 Å². The first-order chi connectivity index (χ1) is 12.2. The number of aromatic nitrogens is 6. The highest BCUT2D eigenvalue weighted by Gasteiger charge is 2.40. The Hall–Kier alpha value is -3.03. The largest absolute Gasteiger partial charge is 0.495 e. The van der Waals surface area contributed by atoms with E-state index in [0.717, 1.165) is 23.4 Å². The zero-order valence-corrected chi connectivity index (χ0v) is 14.0. The van der Waals surface area contributed by atoms with Gasteiger partial charge in [-0.25, -0.2) is 4.98 Å². The molecule has 0 saturated heterocycles. The minimum Gasteiger partial charge on any atom is -0.495 e. The number of nitrogens with zero attached hydrogens (tertiary/aromatic N) is 5. The third-order valence-corrected chi connectivity index (χ3v) is 4.30. The average Bonchev–Trinajstić information content (AvgIpc) is 3.21. The first-order valence-electron chi connectivity index (χ1n) is 8.07. The van der Waals surface area contributed by atoms with E-state index < -0.39 is 0 Å². The normalized spacial score (nSPS) is 18.8. The number of nitrogens with one attached hydrogen (secondary N) is 1. The predicted octanol–water partition coefficient (Wildman–Crippen LogP) is 2.16. The van der Waals surface area contributed by atoms with Gasteiger partial charge in [-0.15, -0.1) is 0 Å². The summed E-state index contributed by atoms with van der Waals surface area (Å²) in [4.78, 5) is 13.1. The maximum Gasteiger partial charge on any atom is 0.226 e. The van der Waals surface area contributed by atoms with Gasteiger partial charge < -0.3 is 9.47 Å². The molecule has 4 rings (SSSR count). The molecular weight excluding hydrogens is 320 g/mol. The van der Waals surface area contributed by atoms with Crippen molar-refractivity contribution in [3.63, 3.8) is 0 Å². The number of hydrogen-bond donors (Lipinski definition) is 1. The van der Waals surface area contributed by atoms with Crippen molar-refractivity contribution in [2.24, 2.45) is 5.92 Å². The third-order valence-electron chi connectivity index (χ3n) is 4.30. The monoisotopic (exact) mass is 338 g/mol. The molecule has 1 aliphatic rings. The van der Waals surface area contributed by atoms with Gasteiger partial charge in [0.1, 0.15) is 17.3 Å². The van der Waals surface area contributed by atoms with Gasteiger partial charge in [-0.1, -0.05) is 0 Å². The number of methoxy groups -OCH3 is 1. The van der Waals surface area contributed by atoms with Crippen LogP contribution in [0, 0.1) is 12.8 Å². The van der Waals surface area contributed by atoms with E-state index in [1.165, 1.54) is 0 Å². The van der Waals surface area contributed by atoms with E-state index in [-0.39, 0.29) is 0 Å². The summed E-state index contributed by atoms with van der Waals surface area (Å²) in [6.07, 6.45) is 6.15. The molecule has 3 aromatic heterocycles. The van der Waals surface area contributed by atoms with Crippen molar-refractivity contribution in [1.29, 1.82) is 0 Å². The second-order valence-electron chi connectivity index (χ2n) is 6.03. The molecule has 0 aliphatic heterocycles. The fourth-order valence-electron chi connectivity index (χ4n) is 2.78. The smallest absolute Gasteiger partial charge is 0.226 e. The van der Waals surface area contributed by atoms with Crippen molar-refractivity contribution < 1.29 is 9.47 Å². The van der Waals surface area contributed by atoms with Crippen molar-refractivity contribution in [1.82, 2.24) is 30.4 Å². The number of H-pyrrole nitrogens is 1. The minimum absolute atomic E-state index is 0.421. The minimum atomic E-state index is 0.421. The number of hydrogen-bond acceptors (Lipinski definition) is 7. The van der Waals surface area contributed by atoms with E-state index in [1.807, 2.05) is 19.1 Å². The molecule has 0 amide bonds. The summed E-state index contributed by atoms with van der Waals surface area (Å²) < 4.78 is 11.1. The number of aromatic amines is 1. The summed E-state index contributed by atoms with van der Waals surface area (Å²) in [6, 6.07) is 3.95. The summed E-state index contributed by atoms with van der Waals surface area (Å²) in [5, 5.41) is 10.5. The number of pyridine rings is 1. The molecule has 3 aromatic rings. The standard InChI is InChI=1S/C17H18N6O2/c1-10-18-7-14(16-8-20-23-22-16)17(21-10)25-9-11-5-13(11)15-4-3-12(24-2)6-19-15/h3-4,6-8,11,13H,5,9H2,1-2H3,(H,20,22,23). The van der Waals surface area contributed by atoms with Crippen molar-refractivity contribution in [2.45, 2.75) is 19.3 Å². The second kappa shape index (κ2) is 6.46. The Morgan fingerprint density at radius 3 is 2.84 bits per heavy atom. The van der Waals surface area contributed by atoms with Gasteiger partial charge in [-0.2, -0.15) is 20.4 Å². The summed E-state index contributed by atoms with van der Waals surface area (Å²) in [6.45, 7) is 2.42. The first kappa shape index (κ1) is 15.5. The maximum atomic E-state index is 5.98. The molecule has 0 aromatic carbocycles. The van der Waals surface area contributed by atoms with Crippen LogP contribution in [0.5, 0.6) is 11.6 Å². The molecule has 3 heterocycles. The molecule has 25 heavy (non-hydrogen) atoms. The van der Waals surface area contributed by atoms with E-state index >= 15 is 0 Å². The lowest BCUT2D eigenvalue weighted by Gasteiger charge is -2.09. The lowest BCUT2D eigenvalue weighted by molar-refractivity contribution is 0.285. The number of ether oxygens (including phenoxy) is 2. The van der Waals surface area contributed by atoms with Crippen LogP contribution in [0.3, 0.4) is 0 Å². The van der Waals surface area contributed by atoms with Crippen LogP contribution in [0.1, 0.15) is 23.9 Å². The summed E-state index contributed by atoms with van der Waals surface area (Å²) >= 11 is 0. The quantitative estimate of drug-likeness (QED) is 0.735. The van der Waals surface area contributed by atoms with Crippen molar-refractivity contribution >= 4 is 0 Å². The van der Waals surface area contributed by atoms with Crippen LogP contribution >= 0.6 is 0 Å². The van der Waals surface area contributed by atoms with Crippen LogP contribution in [0.15, 0.2) is 30.7 Å². The zero-order chi connectivity index (χ0) is 17.2. The maximum absolute atomic E-state index is 5.98. The predicted molar refractivity (Wildman–Crippen MR) is 89.3 cm³/mol. The summed E-state index contributed by atoms with van der Waals surface area (Å²) in [5.41, 5.74) is 2.48. The highest BCUT2D eigenvalue weighted by atomic mass is 16.5. The molecule has 0 radical (unpaired) electrons. The molecule has 0 spiro atoms. The molecule has 1 aliphatic carbocycles.